The van der Waals surface area contributed by atoms with Crippen molar-refractivity contribution in [1.82, 2.24) is 15.1 Å². The molecule has 0 saturated heterocycles. The topological polar surface area (TPSA) is 72.0 Å². The van der Waals surface area contributed by atoms with Gasteiger partial charge in [-0.05, 0) is 18.8 Å². The molecular formula is C12H15N3O2S. The van der Waals surface area contributed by atoms with Crippen LogP contribution in [0.25, 0.3) is 11.5 Å². The maximum atomic E-state index is 9.92. The van der Waals surface area contributed by atoms with E-state index in [1.807, 2.05) is 5.38 Å². The molecule has 6 heteroatoms. The first kappa shape index (κ1) is 11.8. The summed E-state index contributed by atoms with van der Waals surface area (Å²) in [6.45, 7) is 0. The summed E-state index contributed by atoms with van der Waals surface area (Å²) in [7, 11) is 0. The molecule has 96 valence electrons. The van der Waals surface area contributed by atoms with Gasteiger partial charge in [0.15, 0.2) is 0 Å². The molecule has 1 saturated carbocycles. The average molecular weight is 265 g/mol. The largest absolute Gasteiger partial charge is 0.393 e. The number of hydrogen-bond donors (Lipinski definition) is 1. The fourth-order valence-corrected chi connectivity index (χ4v) is 2.95. The molecule has 18 heavy (non-hydrogen) atoms. The van der Waals surface area contributed by atoms with Crippen LogP contribution in [0, 0.1) is 5.92 Å². The van der Waals surface area contributed by atoms with E-state index in [0.29, 0.717) is 18.1 Å². The van der Waals surface area contributed by atoms with E-state index in [1.165, 1.54) is 17.8 Å². The predicted octanol–water partition coefficient (Wildman–Crippen LogP) is 2.29. The lowest BCUT2D eigenvalue weighted by Crippen LogP contribution is -2.26. The Hall–Kier alpha value is -1.27. The molecule has 2 unspecified atom stereocenters. The van der Waals surface area contributed by atoms with Crippen LogP contribution < -0.4 is 0 Å². The van der Waals surface area contributed by atoms with Gasteiger partial charge in [0, 0.05) is 11.8 Å². The van der Waals surface area contributed by atoms with Gasteiger partial charge in [-0.25, -0.2) is 4.98 Å². The van der Waals surface area contributed by atoms with Gasteiger partial charge in [0.05, 0.1) is 11.6 Å². The van der Waals surface area contributed by atoms with Crippen LogP contribution in [0.3, 0.4) is 0 Å². The number of aliphatic hydroxyl groups is 1. The van der Waals surface area contributed by atoms with Crippen molar-refractivity contribution in [2.24, 2.45) is 5.92 Å². The maximum absolute atomic E-state index is 9.92. The second-order valence-electron chi connectivity index (χ2n) is 4.70. The van der Waals surface area contributed by atoms with E-state index in [0.717, 1.165) is 25.0 Å². The Morgan fingerprint density at radius 1 is 1.39 bits per heavy atom. The second-order valence-corrected chi connectivity index (χ2v) is 5.42. The van der Waals surface area contributed by atoms with Gasteiger partial charge in [0.25, 0.3) is 0 Å². The van der Waals surface area contributed by atoms with E-state index in [2.05, 4.69) is 15.1 Å². The van der Waals surface area contributed by atoms with E-state index in [4.69, 9.17) is 4.52 Å². The minimum absolute atomic E-state index is 0.228. The third kappa shape index (κ3) is 2.44. The molecule has 1 aliphatic carbocycles. The highest BCUT2D eigenvalue weighted by molar-refractivity contribution is 7.07. The summed E-state index contributed by atoms with van der Waals surface area (Å²) >= 11 is 1.51. The van der Waals surface area contributed by atoms with E-state index >= 15 is 0 Å². The summed E-state index contributed by atoms with van der Waals surface area (Å²) in [5.41, 5.74) is 2.50. The first-order valence-electron chi connectivity index (χ1n) is 6.22. The molecule has 0 aromatic carbocycles. The van der Waals surface area contributed by atoms with Crippen LogP contribution in [0.4, 0.5) is 0 Å². The summed E-state index contributed by atoms with van der Waals surface area (Å²) in [6, 6.07) is 0. The molecule has 0 aliphatic heterocycles. The van der Waals surface area contributed by atoms with Crippen molar-refractivity contribution >= 4 is 11.3 Å². The summed E-state index contributed by atoms with van der Waals surface area (Å²) in [4.78, 5) is 8.48. The number of thiazole rings is 1. The highest BCUT2D eigenvalue weighted by Crippen LogP contribution is 2.27. The fourth-order valence-electron chi connectivity index (χ4n) is 2.42. The third-order valence-electron chi connectivity index (χ3n) is 3.44. The molecule has 1 aliphatic rings. The van der Waals surface area contributed by atoms with Crippen LogP contribution in [0.5, 0.6) is 0 Å². The van der Waals surface area contributed by atoms with Crippen LogP contribution in [-0.2, 0) is 6.42 Å². The molecule has 2 heterocycles. The number of nitrogens with zero attached hydrogens (tertiary/aromatic N) is 3. The Morgan fingerprint density at radius 2 is 2.28 bits per heavy atom. The highest BCUT2D eigenvalue weighted by Gasteiger charge is 2.25. The van der Waals surface area contributed by atoms with Gasteiger partial charge in [-0.2, -0.15) is 4.98 Å². The quantitative estimate of drug-likeness (QED) is 0.921. The van der Waals surface area contributed by atoms with E-state index in [9.17, 15) is 5.11 Å². The molecule has 1 fully saturated rings. The number of aromatic nitrogens is 3. The molecule has 0 bridgehead atoms. The van der Waals surface area contributed by atoms with Crippen LogP contribution in [-0.4, -0.2) is 26.3 Å². The molecule has 3 rings (SSSR count). The molecule has 1 N–H and O–H groups in total. The lowest BCUT2D eigenvalue weighted by molar-refractivity contribution is 0.0657. The summed E-state index contributed by atoms with van der Waals surface area (Å²) < 4.78 is 5.23. The van der Waals surface area contributed by atoms with Crippen LogP contribution in [0.2, 0.25) is 0 Å². The Morgan fingerprint density at radius 3 is 3.06 bits per heavy atom. The van der Waals surface area contributed by atoms with Crippen molar-refractivity contribution in [3.8, 4) is 11.5 Å². The summed E-state index contributed by atoms with van der Waals surface area (Å²) in [6.07, 6.45) is 4.65. The van der Waals surface area contributed by atoms with Gasteiger partial charge in [0.2, 0.25) is 11.7 Å². The van der Waals surface area contributed by atoms with Crippen LogP contribution in [0.1, 0.15) is 31.6 Å². The molecule has 5 nitrogen and oxygen atoms in total. The molecule has 0 spiro atoms. The molecule has 0 amide bonds. The minimum Gasteiger partial charge on any atom is -0.393 e. The SMILES string of the molecule is OC1CCCCC1Cc1nc(-c2cscn2)no1. The Balaban J connectivity index is 1.70. The zero-order chi connectivity index (χ0) is 12.4. The normalized spacial score (nSPS) is 24.3. The first-order chi connectivity index (χ1) is 8.83. The van der Waals surface area contributed by atoms with Crippen LogP contribution in [0.15, 0.2) is 15.4 Å². The van der Waals surface area contributed by atoms with Crippen molar-refractivity contribution in [1.29, 1.82) is 0 Å². The van der Waals surface area contributed by atoms with Gasteiger partial charge in [-0.15, -0.1) is 11.3 Å². The molecule has 0 radical (unpaired) electrons. The van der Waals surface area contributed by atoms with Gasteiger partial charge >= 0.3 is 0 Å². The number of hydrogen-bond acceptors (Lipinski definition) is 6. The molecular weight excluding hydrogens is 250 g/mol. The Labute approximate surface area is 109 Å². The zero-order valence-electron chi connectivity index (χ0n) is 9.95. The predicted molar refractivity (Wildman–Crippen MR) is 67.1 cm³/mol. The zero-order valence-corrected chi connectivity index (χ0v) is 10.8. The van der Waals surface area contributed by atoms with E-state index in [1.54, 1.807) is 5.51 Å². The van der Waals surface area contributed by atoms with Gasteiger partial charge in [-0.1, -0.05) is 18.0 Å². The van der Waals surface area contributed by atoms with E-state index < -0.39 is 0 Å². The van der Waals surface area contributed by atoms with Crippen molar-refractivity contribution in [2.45, 2.75) is 38.2 Å². The maximum Gasteiger partial charge on any atom is 0.227 e. The third-order valence-corrected chi connectivity index (χ3v) is 4.02. The van der Waals surface area contributed by atoms with E-state index in [-0.39, 0.29) is 12.0 Å². The smallest absolute Gasteiger partial charge is 0.227 e. The Kier molecular flexibility index (Phi) is 3.38. The van der Waals surface area contributed by atoms with Crippen molar-refractivity contribution in [3.63, 3.8) is 0 Å². The summed E-state index contributed by atoms with van der Waals surface area (Å²) in [5, 5.41) is 15.7. The standard InChI is InChI=1S/C12H15N3O2S/c16-10-4-2-1-3-8(10)5-11-14-12(15-17-11)9-6-18-7-13-9/h6-8,10,16H,1-5H2. The lowest BCUT2D eigenvalue weighted by Gasteiger charge is -2.26. The average Bonchev–Trinajstić information content (AvgIpc) is 3.02. The monoisotopic (exact) mass is 265 g/mol. The van der Waals surface area contributed by atoms with Gasteiger partial charge in [-0.3, -0.25) is 0 Å². The molecule has 2 aromatic heterocycles. The highest BCUT2D eigenvalue weighted by atomic mass is 32.1. The molecule has 2 atom stereocenters. The van der Waals surface area contributed by atoms with Crippen molar-refractivity contribution in [2.75, 3.05) is 0 Å². The Bertz CT molecular complexity index is 497. The number of aliphatic hydroxyl groups excluding tert-OH is 1. The first-order valence-corrected chi connectivity index (χ1v) is 7.16. The van der Waals surface area contributed by atoms with Crippen molar-refractivity contribution < 1.29 is 9.63 Å². The number of rotatable bonds is 3. The lowest BCUT2D eigenvalue weighted by atomic mass is 9.84. The summed E-state index contributed by atoms with van der Waals surface area (Å²) in [5.74, 6) is 1.39. The van der Waals surface area contributed by atoms with Crippen molar-refractivity contribution in [3.05, 3.63) is 16.8 Å². The second kappa shape index (κ2) is 5.16. The van der Waals surface area contributed by atoms with Gasteiger partial charge < -0.3 is 9.63 Å². The van der Waals surface area contributed by atoms with Gasteiger partial charge in [0.1, 0.15) is 5.69 Å². The minimum atomic E-state index is -0.228. The fraction of sp³-hybridized carbons (Fsp3) is 0.583. The van der Waals surface area contributed by atoms with Crippen LogP contribution >= 0.6 is 11.3 Å². The molecule has 2 aromatic rings.